The molecule has 186 valence electrons. The van der Waals surface area contributed by atoms with Crippen LogP contribution in [0.5, 0.6) is 5.75 Å². The summed E-state index contributed by atoms with van der Waals surface area (Å²) >= 11 is 0. The zero-order valence-corrected chi connectivity index (χ0v) is 20.8. The van der Waals surface area contributed by atoms with Crippen molar-refractivity contribution in [2.75, 3.05) is 30.9 Å². The highest BCUT2D eigenvalue weighted by Gasteiger charge is 2.41. The fourth-order valence-corrected chi connectivity index (χ4v) is 4.69. The molecule has 2 aromatic heterocycles. The first-order chi connectivity index (χ1) is 17.2. The average molecular weight is 492 g/mol. The van der Waals surface area contributed by atoms with Gasteiger partial charge in [0.15, 0.2) is 11.6 Å². The topological polar surface area (TPSA) is 81.0 Å². The van der Waals surface area contributed by atoms with Crippen LogP contribution in [0.15, 0.2) is 42.7 Å². The van der Waals surface area contributed by atoms with Crippen molar-refractivity contribution in [1.82, 2.24) is 24.7 Å². The van der Waals surface area contributed by atoms with Crippen molar-refractivity contribution in [3.63, 3.8) is 0 Å². The van der Waals surface area contributed by atoms with Crippen LogP contribution in [0, 0.1) is 18.6 Å². The molecule has 0 amide bonds. The van der Waals surface area contributed by atoms with Crippen LogP contribution in [0.25, 0.3) is 5.69 Å². The van der Waals surface area contributed by atoms with Gasteiger partial charge < -0.3 is 15.0 Å². The van der Waals surface area contributed by atoms with Gasteiger partial charge in [0.1, 0.15) is 41.0 Å². The first-order valence-corrected chi connectivity index (χ1v) is 11.6. The molecule has 36 heavy (non-hydrogen) atoms. The molecular formula is C26H27F2N7O. The van der Waals surface area contributed by atoms with E-state index in [1.54, 1.807) is 36.1 Å². The second-order valence-electron chi connectivity index (χ2n) is 9.40. The van der Waals surface area contributed by atoms with Gasteiger partial charge in [-0.05, 0) is 36.8 Å². The van der Waals surface area contributed by atoms with Gasteiger partial charge in [-0.1, -0.05) is 26.0 Å². The van der Waals surface area contributed by atoms with Crippen molar-refractivity contribution in [3.05, 3.63) is 77.1 Å². The number of nitrogens with zero attached hydrogens (tertiary/aromatic N) is 6. The molecule has 0 saturated heterocycles. The number of hydrogen-bond acceptors (Lipinski definition) is 7. The van der Waals surface area contributed by atoms with Gasteiger partial charge in [-0.2, -0.15) is 5.10 Å². The fraction of sp³-hybridized carbons (Fsp3) is 0.308. The van der Waals surface area contributed by atoms with Crippen LogP contribution in [0.3, 0.4) is 0 Å². The van der Waals surface area contributed by atoms with E-state index in [1.807, 2.05) is 39.0 Å². The minimum Gasteiger partial charge on any atom is -0.494 e. The molecule has 0 atom stereocenters. The monoisotopic (exact) mass is 491 g/mol. The Bertz CT molecular complexity index is 1450. The van der Waals surface area contributed by atoms with Crippen molar-refractivity contribution in [1.29, 1.82) is 0 Å². The second-order valence-corrected chi connectivity index (χ2v) is 9.40. The summed E-state index contributed by atoms with van der Waals surface area (Å²) in [7, 11) is 3.40. The minimum absolute atomic E-state index is 0.155. The van der Waals surface area contributed by atoms with Crippen molar-refractivity contribution in [2.45, 2.75) is 32.6 Å². The Labute approximate surface area is 208 Å². The summed E-state index contributed by atoms with van der Waals surface area (Å²) in [5.74, 6) is 1.30. The normalized spacial score (nSPS) is 14.1. The molecule has 0 bridgehead atoms. The van der Waals surface area contributed by atoms with Crippen molar-refractivity contribution >= 4 is 17.3 Å². The fourth-order valence-electron chi connectivity index (χ4n) is 4.69. The van der Waals surface area contributed by atoms with E-state index < -0.39 is 11.6 Å². The Hall–Kier alpha value is -4.08. The summed E-state index contributed by atoms with van der Waals surface area (Å²) in [6.07, 6.45) is 2.05. The maximum Gasteiger partial charge on any atom is 0.182 e. The van der Waals surface area contributed by atoms with E-state index >= 15 is 0 Å². The predicted molar refractivity (Wildman–Crippen MR) is 133 cm³/mol. The van der Waals surface area contributed by atoms with Crippen LogP contribution < -0.4 is 15.0 Å². The number of methoxy groups -OCH3 is 1. The summed E-state index contributed by atoms with van der Waals surface area (Å²) < 4.78 is 36.1. The zero-order valence-electron chi connectivity index (χ0n) is 20.8. The molecule has 5 rings (SSSR count). The standard InChI is InChI=1S/C26H27F2N7O/c1-15-30-14-35(33-15)18-10-9-16(11-20(18)36-5)12-21-31-24(29-4)22-25(32-21)34(13-26(22,2)3)19-8-6-7-17(27)23(19)28/h6-11,14H,12-13H2,1-5H3,(H,29,31,32). The van der Waals surface area contributed by atoms with Gasteiger partial charge in [0.25, 0.3) is 0 Å². The van der Waals surface area contributed by atoms with Crippen LogP contribution >= 0.6 is 0 Å². The number of aromatic nitrogens is 5. The number of anilines is 3. The lowest BCUT2D eigenvalue weighted by atomic mass is 9.88. The van der Waals surface area contributed by atoms with E-state index in [1.165, 1.54) is 6.07 Å². The molecular weight excluding hydrogens is 464 g/mol. The Balaban J connectivity index is 1.56. The van der Waals surface area contributed by atoms with Gasteiger partial charge in [0.2, 0.25) is 0 Å². The van der Waals surface area contributed by atoms with E-state index in [9.17, 15) is 8.78 Å². The van der Waals surface area contributed by atoms with Crippen molar-refractivity contribution in [3.8, 4) is 11.4 Å². The number of rotatable bonds is 6. The highest BCUT2D eigenvalue weighted by Crippen LogP contribution is 2.47. The van der Waals surface area contributed by atoms with Crippen LogP contribution in [0.1, 0.15) is 36.6 Å². The molecule has 0 spiro atoms. The first-order valence-electron chi connectivity index (χ1n) is 11.6. The number of ether oxygens (including phenoxy) is 1. The van der Waals surface area contributed by atoms with E-state index in [-0.39, 0.29) is 11.1 Å². The first kappa shape index (κ1) is 23.7. The Kier molecular flexibility index (Phi) is 5.82. The van der Waals surface area contributed by atoms with Crippen molar-refractivity contribution < 1.29 is 13.5 Å². The maximum absolute atomic E-state index is 14.8. The lowest BCUT2D eigenvalue weighted by Crippen LogP contribution is -2.26. The summed E-state index contributed by atoms with van der Waals surface area (Å²) in [6, 6.07) is 9.97. The molecule has 2 aromatic carbocycles. The molecule has 4 aromatic rings. The van der Waals surface area contributed by atoms with Gasteiger partial charge in [0.05, 0.1) is 12.8 Å². The smallest absolute Gasteiger partial charge is 0.182 e. The highest BCUT2D eigenvalue weighted by atomic mass is 19.2. The maximum atomic E-state index is 14.8. The number of fused-ring (bicyclic) bond motifs is 1. The van der Waals surface area contributed by atoms with E-state index in [0.29, 0.717) is 42.0 Å². The predicted octanol–water partition coefficient (Wildman–Crippen LogP) is 4.71. The molecule has 0 fully saturated rings. The van der Waals surface area contributed by atoms with Gasteiger partial charge in [0, 0.05) is 31.0 Å². The molecule has 1 aliphatic rings. The van der Waals surface area contributed by atoms with E-state index in [0.717, 1.165) is 22.9 Å². The Morgan fingerprint density at radius 3 is 2.61 bits per heavy atom. The van der Waals surface area contributed by atoms with Gasteiger partial charge >= 0.3 is 0 Å². The quantitative estimate of drug-likeness (QED) is 0.418. The lowest BCUT2D eigenvalue weighted by molar-refractivity contribution is 0.411. The summed E-state index contributed by atoms with van der Waals surface area (Å²) in [5.41, 5.74) is 2.33. The summed E-state index contributed by atoms with van der Waals surface area (Å²) in [6.45, 7) is 6.35. The molecule has 0 aliphatic carbocycles. The zero-order chi connectivity index (χ0) is 25.6. The number of benzene rings is 2. The molecule has 8 nitrogen and oxygen atoms in total. The molecule has 0 radical (unpaired) electrons. The molecule has 0 unspecified atom stereocenters. The number of nitrogens with one attached hydrogen (secondary N) is 1. The Morgan fingerprint density at radius 2 is 1.92 bits per heavy atom. The molecule has 1 aliphatic heterocycles. The third kappa shape index (κ3) is 4.02. The van der Waals surface area contributed by atoms with Crippen LogP contribution in [0.4, 0.5) is 26.1 Å². The van der Waals surface area contributed by atoms with Crippen LogP contribution in [0.2, 0.25) is 0 Å². The SMILES string of the molecule is CNc1nc(Cc2ccc(-n3cnc(C)n3)c(OC)c2)nc2c1C(C)(C)CN2c1cccc(F)c1F. The van der Waals surface area contributed by atoms with Crippen LogP contribution in [-0.4, -0.2) is 45.4 Å². The highest BCUT2D eigenvalue weighted by molar-refractivity contribution is 5.74. The Morgan fingerprint density at radius 1 is 1.11 bits per heavy atom. The summed E-state index contributed by atoms with van der Waals surface area (Å²) in [5, 5.41) is 7.53. The third-order valence-corrected chi connectivity index (χ3v) is 6.34. The molecule has 3 heterocycles. The van der Waals surface area contributed by atoms with Gasteiger partial charge in [-0.3, -0.25) is 0 Å². The van der Waals surface area contributed by atoms with E-state index in [4.69, 9.17) is 14.7 Å². The average Bonchev–Trinajstić information content (AvgIpc) is 3.40. The largest absolute Gasteiger partial charge is 0.494 e. The number of aryl methyl sites for hydroxylation is 1. The molecule has 10 heteroatoms. The molecule has 1 N–H and O–H groups in total. The minimum atomic E-state index is -0.893. The van der Waals surface area contributed by atoms with Crippen molar-refractivity contribution in [2.24, 2.45) is 0 Å². The third-order valence-electron chi connectivity index (χ3n) is 6.34. The second kappa shape index (κ2) is 8.85. The van der Waals surface area contributed by atoms with Gasteiger partial charge in [-0.25, -0.2) is 28.4 Å². The summed E-state index contributed by atoms with van der Waals surface area (Å²) in [4.78, 5) is 15.5. The van der Waals surface area contributed by atoms with Gasteiger partial charge in [-0.15, -0.1) is 0 Å². The number of hydrogen-bond donors (Lipinski definition) is 1. The van der Waals surface area contributed by atoms with Crippen LogP contribution in [-0.2, 0) is 11.8 Å². The number of halogens is 2. The van der Waals surface area contributed by atoms with E-state index in [2.05, 4.69) is 15.4 Å². The molecule has 0 saturated carbocycles. The lowest BCUT2D eigenvalue weighted by Gasteiger charge is -2.22.